The van der Waals surface area contributed by atoms with Gasteiger partial charge in [-0.1, -0.05) is 13.3 Å². The zero-order valence-corrected chi connectivity index (χ0v) is 15.9. The molecule has 2 N–H and O–H groups in total. The van der Waals surface area contributed by atoms with E-state index in [1.807, 2.05) is 6.92 Å². The number of aromatic nitrogens is 2. The first-order valence-electron chi connectivity index (χ1n) is 9.35. The van der Waals surface area contributed by atoms with E-state index in [0.717, 1.165) is 31.4 Å². The number of rotatable bonds is 7. The molecule has 144 valence electrons. The van der Waals surface area contributed by atoms with Gasteiger partial charge < -0.3 is 20.3 Å². The topological polar surface area (TPSA) is 96.5 Å². The minimum Gasteiger partial charge on any atom is -0.450 e. The molecule has 0 spiro atoms. The van der Waals surface area contributed by atoms with Gasteiger partial charge in [0.15, 0.2) is 0 Å². The molecule has 26 heavy (non-hydrogen) atoms. The van der Waals surface area contributed by atoms with Gasteiger partial charge in [-0.25, -0.2) is 14.8 Å². The summed E-state index contributed by atoms with van der Waals surface area (Å²) in [6, 6.07) is 1.86. The SMILES string of the molecule is CCCCNC(=O)c1cc(C)nc(NC2CCN(C(=O)OCC)CC2)n1. The molecule has 0 unspecified atom stereocenters. The first-order chi connectivity index (χ1) is 12.5. The molecular weight excluding hydrogens is 334 g/mol. The number of nitrogens with zero attached hydrogens (tertiary/aromatic N) is 3. The fourth-order valence-electron chi connectivity index (χ4n) is 2.82. The predicted molar refractivity (Wildman–Crippen MR) is 99.2 cm³/mol. The molecule has 2 heterocycles. The average molecular weight is 363 g/mol. The molecule has 0 radical (unpaired) electrons. The lowest BCUT2D eigenvalue weighted by molar-refractivity contribution is 0.0945. The average Bonchev–Trinajstić information content (AvgIpc) is 2.62. The Hall–Kier alpha value is -2.38. The van der Waals surface area contributed by atoms with Crippen LogP contribution in [0.3, 0.4) is 0 Å². The molecule has 1 saturated heterocycles. The van der Waals surface area contributed by atoms with Gasteiger partial charge >= 0.3 is 6.09 Å². The van der Waals surface area contributed by atoms with Crippen LogP contribution in [0.4, 0.5) is 10.7 Å². The quantitative estimate of drug-likeness (QED) is 0.722. The summed E-state index contributed by atoms with van der Waals surface area (Å²) in [6.45, 7) is 8.02. The van der Waals surface area contributed by atoms with Gasteiger partial charge in [0.2, 0.25) is 5.95 Å². The number of carbonyl (C=O) groups is 2. The zero-order valence-electron chi connectivity index (χ0n) is 15.9. The van der Waals surface area contributed by atoms with Gasteiger partial charge in [-0.05, 0) is 39.2 Å². The van der Waals surface area contributed by atoms with E-state index in [-0.39, 0.29) is 18.0 Å². The Kier molecular flexibility index (Phi) is 7.62. The monoisotopic (exact) mass is 363 g/mol. The second kappa shape index (κ2) is 9.94. The van der Waals surface area contributed by atoms with Gasteiger partial charge in [-0.2, -0.15) is 0 Å². The number of ether oxygens (including phenoxy) is 1. The minimum atomic E-state index is -0.260. The molecule has 0 atom stereocenters. The standard InChI is InChI=1S/C18H29N5O3/c1-4-6-9-19-16(24)15-12-13(3)20-17(22-15)21-14-7-10-23(11-8-14)18(25)26-5-2/h12,14H,4-11H2,1-3H3,(H,19,24)(H,20,21,22). The Labute approximate surface area is 154 Å². The van der Waals surface area contributed by atoms with Gasteiger partial charge in [0.25, 0.3) is 5.91 Å². The van der Waals surface area contributed by atoms with E-state index in [4.69, 9.17) is 4.74 Å². The van der Waals surface area contributed by atoms with Crippen molar-refractivity contribution in [1.29, 1.82) is 0 Å². The van der Waals surface area contributed by atoms with Crippen molar-refractivity contribution in [2.75, 3.05) is 31.6 Å². The van der Waals surface area contributed by atoms with E-state index < -0.39 is 0 Å². The molecule has 2 amide bonds. The molecule has 2 rings (SSSR count). The van der Waals surface area contributed by atoms with Crippen molar-refractivity contribution in [2.24, 2.45) is 0 Å². The van der Waals surface area contributed by atoms with Crippen molar-refractivity contribution >= 4 is 17.9 Å². The molecule has 1 aliphatic rings. The Morgan fingerprint density at radius 2 is 2.00 bits per heavy atom. The maximum Gasteiger partial charge on any atom is 0.409 e. The number of hydrogen-bond acceptors (Lipinski definition) is 6. The molecule has 0 aromatic carbocycles. The number of nitrogens with one attached hydrogen (secondary N) is 2. The van der Waals surface area contributed by atoms with Crippen molar-refractivity contribution in [2.45, 2.75) is 52.5 Å². The van der Waals surface area contributed by atoms with Crippen LogP contribution in [0, 0.1) is 6.92 Å². The molecule has 0 aliphatic carbocycles. The first-order valence-corrected chi connectivity index (χ1v) is 9.35. The summed E-state index contributed by atoms with van der Waals surface area (Å²) in [5.41, 5.74) is 1.12. The Morgan fingerprint density at radius 3 is 2.65 bits per heavy atom. The summed E-state index contributed by atoms with van der Waals surface area (Å²) in [6.07, 6.45) is 3.28. The minimum absolute atomic E-state index is 0.165. The number of aryl methyl sites for hydroxylation is 1. The van der Waals surface area contributed by atoms with Crippen LogP contribution >= 0.6 is 0 Å². The largest absolute Gasteiger partial charge is 0.450 e. The van der Waals surface area contributed by atoms with E-state index in [0.29, 0.717) is 37.9 Å². The van der Waals surface area contributed by atoms with Crippen LogP contribution in [-0.2, 0) is 4.74 Å². The van der Waals surface area contributed by atoms with Crippen LogP contribution in [0.1, 0.15) is 55.7 Å². The molecule has 1 aliphatic heterocycles. The van der Waals surface area contributed by atoms with E-state index >= 15 is 0 Å². The number of carbonyl (C=O) groups excluding carboxylic acids is 2. The molecule has 1 fully saturated rings. The van der Waals surface area contributed by atoms with Crippen LogP contribution in [-0.4, -0.2) is 59.2 Å². The number of hydrogen-bond donors (Lipinski definition) is 2. The summed E-state index contributed by atoms with van der Waals surface area (Å²) in [7, 11) is 0. The van der Waals surface area contributed by atoms with Crippen LogP contribution in [0.15, 0.2) is 6.07 Å². The van der Waals surface area contributed by atoms with E-state index in [1.165, 1.54) is 0 Å². The highest BCUT2D eigenvalue weighted by Gasteiger charge is 2.24. The van der Waals surface area contributed by atoms with E-state index in [9.17, 15) is 9.59 Å². The third-order valence-electron chi connectivity index (χ3n) is 4.26. The zero-order chi connectivity index (χ0) is 18.9. The summed E-state index contributed by atoms with van der Waals surface area (Å²) >= 11 is 0. The lowest BCUT2D eigenvalue weighted by atomic mass is 10.1. The lowest BCUT2D eigenvalue weighted by Crippen LogP contribution is -2.42. The summed E-state index contributed by atoms with van der Waals surface area (Å²) in [5, 5.41) is 6.17. The molecule has 1 aromatic heterocycles. The van der Waals surface area contributed by atoms with Gasteiger partial charge in [0, 0.05) is 31.4 Å². The number of unbranched alkanes of at least 4 members (excludes halogenated alkanes) is 1. The number of anilines is 1. The smallest absolute Gasteiger partial charge is 0.409 e. The van der Waals surface area contributed by atoms with Gasteiger partial charge in [-0.15, -0.1) is 0 Å². The van der Waals surface area contributed by atoms with Crippen molar-refractivity contribution in [3.8, 4) is 0 Å². The van der Waals surface area contributed by atoms with Gasteiger partial charge in [-0.3, -0.25) is 4.79 Å². The molecule has 8 nitrogen and oxygen atoms in total. The third kappa shape index (κ3) is 5.86. The molecule has 0 bridgehead atoms. The lowest BCUT2D eigenvalue weighted by Gasteiger charge is -2.31. The van der Waals surface area contributed by atoms with Crippen molar-refractivity contribution in [1.82, 2.24) is 20.2 Å². The van der Waals surface area contributed by atoms with Crippen molar-refractivity contribution in [3.63, 3.8) is 0 Å². The van der Waals surface area contributed by atoms with E-state index in [1.54, 1.807) is 17.9 Å². The highest BCUT2D eigenvalue weighted by molar-refractivity contribution is 5.92. The van der Waals surface area contributed by atoms with Gasteiger partial charge in [0.1, 0.15) is 5.69 Å². The van der Waals surface area contributed by atoms with Crippen LogP contribution in [0.5, 0.6) is 0 Å². The Morgan fingerprint density at radius 1 is 1.27 bits per heavy atom. The number of piperidine rings is 1. The number of amides is 2. The van der Waals surface area contributed by atoms with Crippen LogP contribution in [0.25, 0.3) is 0 Å². The van der Waals surface area contributed by atoms with Crippen LogP contribution in [0.2, 0.25) is 0 Å². The highest BCUT2D eigenvalue weighted by atomic mass is 16.6. The summed E-state index contributed by atoms with van der Waals surface area (Å²) in [5.74, 6) is 0.282. The van der Waals surface area contributed by atoms with Crippen LogP contribution < -0.4 is 10.6 Å². The predicted octanol–water partition coefficient (Wildman–Crippen LogP) is 2.35. The fraction of sp³-hybridized carbons (Fsp3) is 0.667. The summed E-state index contributed by atoms with van der Waals surface area (Å²) < 4.78 is 5.03. The normalized spacial score (nSPS) is 14.8. The maximum absolute atomic E-state index is 12.2. The number of likely N-dealkylation sites (tertiary alicyclic amines) is 1. The second-order valence-corrected chi connectivity index (χ2v) is 6.43. The van der Waals surface area contributed by atoms with E-state index in [2.05, 4.69) is 27.5 Å². The highest BCUT2D eigenvalue weighted by Crippen LogP contribution is 2.16. The van der Waals surface area contributed by atoms with Crippen molar-refractivity contribution in [3.05, 3.63) is 17.5 Å². The molecule has 0 saturated carbocycles. The Bertz CT molecular complexity index is 615. The Balaban J connectivity index is 1.91. The van der Waals surface area contributed by atoms with Crippen molar-refractivity contribution < 1.29 is 14.3 Å². The fourth-order valence-corrected chi connectivity index (χ4v) is 2.82. The maximum atomic E-state index is 12.2. The van der Waals surface area contributed by atoms with Gasteiger partial charge in [0.05, 0.1) is 6.61 Å². The second-order valence-electron chi connectivity index (χ2n) is 6.43. The third-order valence-corrected chi connectivity index (χ3v) is 4.26. The molecule has 1 aromatic rings. The first kappa shape index (κ1) is 19.9. The summed E-state index contributed by atoms with van der Waals surface area (Å²) in [4.78, 5) is 34.4. The molecule has 8 heteroatoms. The molecular formula is C18H29N5O3.